The third-order valence-corrected chi connectivity index (χ3v) is 20.8. The summed E-state index contributed by atoms with van der Waals surface area (Å²) in [4.78, 5) is 59.2. The van der Waals surface area contributed by atoms with Gasteiger partial charge in [0.1, 0.15) is 30.8 Å². The van der Waals surface area contributed by atoms with Crippen LogP contribution < -0.4 is 49.0 Å². The monoisotopic (exact) mass is 1410 g/mol. The van der Waals surface area contributed by atoms with Crippen LogP contribution in [0, 0.1) is 62.3 Å². The standard InChI is InChI=1S/2C22H23N3.C16H20N4.2C14H16N4/c1-15-9-5-6-12-19(15)25-18(4)24(20-13-8-14-23-22(20)25)21-16(2)10-7-11-17(21)3;1-15-12-16(2)14-19(13-15)24-18(4)25(20-9-6-5-8-17(20)3)22-21(24)10-7-11-23-22;1-11(2)19-13(4)20(14-8-6-5-7-12(14)3)16-15(19)17-9-10-18-16;2*1-10-6-4-5-7-12(10)18-11(2)17(3)13-14(18)16-9-8-15-13/h2*5-14,18H,1-4H3;5-11,13H,1-4H3;2*4-9,11H,1-3H3/t2*18-;13-;2*11-/m11111/s1. The molecule has 5 aliphatic rings. The second kappa shape index (κ2) is 30.8. The molecule has 0 bridgehead atoms. The predicted molar refractivity (Wildman–Crippen MR) is 439 cm³/mol. The molecule has 12 aromatic rings. The van der Waals surface area contributed by atoms with Gasteiger partial charge in [0, 0.05) is 110 Å². The molecular formula is C88H98N18. The second-order valence-corrected chi connectivity index (χ2v) is 28.3. The summed E-state index contributed by atoms with van der Waals surface area (Å²) in [5.41, 5.74) is 22.2. The Kier molecular flexibility index (Phi) is 21.0. The van der Waals surface area contributed by atoms with Crippen molar-refractivity contribution in [3.05, 3.63) is 282 Å². The van der Waals surface area contributed by atoms with Crippen LogP contribution in [0.5, 0.6) is 0 Å². The Morgan fingerprint density at radius 2 is 0.538 bits per heavy atom. The Morgan fingerprint density at radius 1 is 0.255 bits per heavy atom. The van der Waals surface area contributed by atoms with Crippen molar-refractivity contribution >= 4 is 97.7 Å². The van der Waals surface area contributed by atoms with Crippen LogP contribution in [0.4, 0.5) is 97.7 Å². The molecule has 0 unspecified atom stereocenters. The molecule has 0 aliphatic carbocycles. The predicted octanol–water partition coefficient (Wildman–Crippen LogP) is 20.2. The minimum atomic E-state index is 0.158. The number of aromatic nitrogens is 8. The number of rotatable bonds is 8. The first-order chi connectivity index (χ1) is 51.2. The maximum atomic E-state index is 4.73. The Morgan fingerprint density at radius 3 is 0.906 bits per heavy atom. The van der Waals surface area contributed by atoms with Gasteiger partial charge in [-0.1, -0.05) is 115 Å². The van der Waals surface area contributed by atoms with Crippen molar-refractivity contribution in [1.82, 2.24) is 39.9 Å². The molecule has 18 heteroatoms. The van der Waals surface area contributed by atoms with Gasteiger partial charge in [-0.3, -0.25) is 0 Å². The van der Waals surface area contributed by atoms with Crippen LogP contribution in [0.2, 0.25) is 0 Å². The van der Waals surface area contributed by atoms with Gasteiger partial charge in [-0.25, -0.2) is 39.9 Å². The largest absolute Gasteiger partial charge is 0.336 e. The van der Waals surface area contributed by atoms with E-state index in [9.17, 15) is 0 Å². The molecule has 5 atom stereocenters. The highest BCUT2D eigenvalue weighted by atomic mass is 15.5. The minimum absolute atomic E-state index is 0.158. The molecule has 10 heterocycles. The number of pyridine rings is 2. The maximum Gasteiger partial charge on any atom is 0.178 e. The van der Waals surface area contributed by atoms with E-state index in [1.807, 2.05) is 24.5 Å². The molecule has 7 aromatic carbocycles. The number of fused-ring (bicyclic) bond motifs is 5. The molecule has 0 spiro atoms. The van der Waals surface area contributed by atoms with E-state index in [2.05, 4.69) is 374 Å². The van der Waals surface area contributed by atoms with E-state index in [0.29, 0.717) is 6.04 Å². The number of nitrogens with zero attached hydrogens (tertiary/aromatic N) is 18. The Balaban J connectivity index is 0.000000118. The van der Waals surface area contributed by atoms with Crippen molar-refractivity contribution in [3.8, 4) is 0 Å². The van der Waals surface area contributed by atoms with E-state index in [4.69, 9.17) is 9.97 Å². The Labute approximate surface area is 626 Å². The highest BCUT2D eigenvalue weighted by molar-refractivity contribution is 5.90. The van der Waals surface area contributed by atoms with Gasteiger partial charge >= 0.3 is 0 Å². The Bertz CT molecular complexity index is 4950. The number of anilines is 17. The summed E-state index contributed by atoms with van der Waals surface area (Å²) >= 11 is 0. The lowest BCUT2D eigenvalue weighted by atomic mass is 10.1. The summed E-state index contributed by atoms with van der Waals surface area (Å²) < 4.78 is 0. The molecule has 0 radical (unpaired) electrons. The van der Waals surface area contributed by atoms with Gasteiger partial charge in [0.05, 0.1) is 11.4 Å². The lowest BCUT2D eigenvalue weighted by molar-refractivity contribution is 0.601. The summed E-state index contributed by atoms with van der Waals surface area (Å²) in [5.74, 6) is 7.70. The first kappa shape index (κ1) is 72.4. The van der Waals surface area contributed by atoms with E-state index in [1.165, 1.54) is 89.9 Å². The molecule has 5 aliphatic heterocycles. The molecule has 0 fully saturated rings. The van der Waals surface area contributed by atoms with Gasteiger partial charge in [-0.05, 0) is 228 Å². The molecule has 106 heavy (non-hydrogen) atoms. The zero-order valence-corrected chi connectivity index (χ0v) is 64.5. The van der Waals surface area contributed by atoms with Gasteiger partial charge in [0.2, 0.25) is 0 Å². The van der Waals surface area contributed by atoms with Crippen LogP contribution in [0.3, 0.4) is 0 Å². The number of hydrogen-bond acceptors (Lipinski definition) is 18. The molecule has 5 aromatic heterocycles. The average molecular weight is 1410 g/mol. The zero-order valence-electron chi connectivity index (χ0n) is 64.5. The summed E-state index contributed by atoms with van der Waals surface area (Å²) in [5, 5.41) is 0. The fourth-order valence-electron chi connectivity index (χ4n) is 15.6. The number of benzene rings is 7. The summed E-state index contributed by atoms with van der Waals surface area (Å²) in [6, 6.07) is 64.1. The first-order valence-corrected chi connectivity index (χ1v) is 36.7. The highest BCUT2D eigenvalue weighted by Crippen LogP contribution is 2.51. The van der Waals surface area contributed by atoms with Gasteiger partial charge in [0.15, 0.2) is 46.5 Å². The lowest BCUT2D eigenvalue weighted by Gasteiger charge is -2.32. The van der Waals surface area contributed by atoms with Gasteiger partial charge < -0.3 is 49.0 Å². The number of aryl methyl sites for hydroxylation is 9. The highest BCUT2D eigenvalue weighted by Gasteiger charge is 2.42. The molecule has 0 saturated heterocycles. The van der Waals surface area contributed by atoms with Crippen LogP contribution in [0.1, 0.15) is 98.5 Å². The fraction of sp³-hybridized carbons (Fsp3) is 0.273. The smallest absolute Gasteiger partial charge is 0.178 e. The van der Waals surface area contributed by atoms with E-state index < -0.39 is 0 Å². The molecular weight excluding hydrogens is 1310 g/mol. The first-order valence-electron chi connectivity index (χ1n) is 36.7. The summed E-state index contributed by atoms with van der Waals surface area (Å²) in [6.07, 6.45) is 15.2. The lowest BCUT2D eigenvalue weighted by Crippen LogP contribution is -2.42. The van der Waals surface area contributed by atoms with Crippen LogP contribution >= 0.6 is 0 Å². The zero-order chi connectivity index (χ0) is 74.8. The average Bonchev–Trinajstić information content (AvgIpc) is 1.61. The van der Waals surface area contributed by atoms with E-state index in [0.717, 1.165) is 57.9 Å². The van der Waals surface area contributed by atoms with Crippen LogP contribution in [0.25, 0.3) is 0 Å². The van der Waals surface area contributed by atoms with Crippen LogP contribution in [0.15, 0.2) is 232 Å². The van der Waals surface area contributed by atoms with Gasteiger partial charge in [0.25, 0.3) is 0 Å². The van der Waals surface area contributed by atoms with Crippen molar-refractivity contribution in [2.45, 2.75) is 148 Å². The molecule has 0 amide bonds. The van der Waals surface area contributed by atoms with Crippen molar-refractivity contribution in [2.75, 3.05) is 63.1 Å². The number of para-hydroxylation sites is 6. The van der Waals surface area contributed by atoms with E-state index in [1.54, 1.807) is 37.2 Å². The van der Waals surface area contributed by atoms with E-state index in [-0.39, 0.29) is 30.8 Å². The van der Waals surface area contributed by atoms with Crippen LogP contribution in [-0.2, 0) is 0 Å². The third kappa shape index (κ3) is 13.7. The topological polar surface area (TPSA) is 136 Å². The summed E-state index contributed by atoms with van der Waals surface area (Å²) in [6.45, 7) is 34.8. The Hall–Kier alpha value is -11.9. The van der Waals surface area contributed by atoms with Gasteiger partial charge in [-0.2, -0.15) is 0 Å². The SMILES string of the molecule is Cc1cc(C)cc(N2c3cccnc3N(c3ccccc3C)[C@@H]2C)c1.Cc1ccccc1N1c2ncccc2N(c2c(C)cccc2C)[C@H]1C.Cc1ccccc1N1c2nccnc2N(C(C)C)[C@H]1C.Cc1ccccc1N1c2nccnc2N(C)[C@H]1C.Cc1ccccc1N1c2nccnc2N(C)[C@H]1C. The van der Waals surface area contributed by atoms with Crippen molar-refractivity contribution in [2.24, 2.45) is 0 Å². The fourth-order valence-corrected chi connectivity index (χ4v) is 15.6. The quantitative estimate of drug-likeness (QED) is 0.143. The molecule has 0 N–H and O–H groups in total. The summed E-state index contributed by atoms with van der Waals surface area (Å²) in [7, 11) is 4.10. The molecule has 18 nitrogen and oxygen atoms in total. The van der Waals surface area contributed by atoms with Crippen molar-refractivity contribution in [1.29, 1.82) is 0 Å². The van der Waals surface area contributed by atoms with Crippen molar-refractivity contribution in [3.63, 3.8) is 0 Å². The van der Waals surface area contributed by atoms with Crippen molar-refractivity contribution < 1.29 is 0 Å². The van der Waals surface area contributed by atoms with E-state index >= 15 is 0 Å². The minimum Gasteiger partial charge on any atom is -0.336 e. The third-order valence-electron chi connectivity index (χ3n) is 20.8. The molecule has 540 valence electrons. The van der Waals surface area contributed by atoms with Crippen LogP contribution in [-0.4, -0.2) is 90.8 Å². The second-order valence-electron chi connectivity index (χ2n) is 28.3. The maximum absolute atomic E-state index is 4.73. The molecule has 0 saturated carbocycles. The molecule has 17 rings (SSSR count). The normalized spacial score (nSPS) is 17.1. The number of hydrogen-bond donors (Lipinski definition) is 0. The van der Waals surface area contributed by atoms with Gasteiger partial charge in [-0.15, -0.1) is 0 Å².